The zero-order valence-electron chi connectivity index (χ0n) is 10.8. The normalized spacial score (nSPS) is 13.1. The highest BCUT2D eigenvalue weighted by Gasteiger charge is 2.22. The molecule has 0 bridgehead atoms. The summed E-state index contributed by atoms with van der Waals surface area (Å²) >= 11 is 0. The number of carbonyl (C=O) groups is 1. The summed E-state index contributed by atoms with van der Waals surface area (Å²) < 4.78 is 29.0. The zero-order valence-corrected chi connectivity index (χ0v) is 11.7. The zero-order chi connectivity index (χ0) is 13.8. The Hall–Kier alpha value is -1.36. The molecule has 0 N–H and O–H groups in total. The lowest BCUT2D eigenvalue weighted by molar-refractivity contribution is -0.119. The molecular formula is C13H18O4S. The van der Waals surface area contributed by atoms with Crippen LogP contribution in [-0.4, -0.2) is 27.1 Å². The molecule has 1 aromatic carbocycles. The van der Waals surface area contributed by atoms with Gasteiger partial charge in [0, 0.05) is 5.92 Å². The molecule has 100 valence electrons. The summed E-state index contributed by atoms with van der Waals surface area (Å²) in [6.07, 6.45) is 0.650. The van der Waals surface area contributed by atoms with E-state index in [1.54, 1.807) is 19.1 Å². The van der Waals surface area contributed by atoms with Gasteiger partial charge in [0.2, 0.25) is 0 Å². The second kappa shape index (κ2) is 6.00. The first kappa shape index (κ1) is 14.7. The molecule has 0 radical (unpaired) electrons. The Bertz CT molecular complexity index is 502. The average molecular weight is 270 g/mol. The van der Waals surface area contributed by atoms with Crippen LogP contribution in [0.15, 0.2) is 29.2 Å². The molecule has 0 amide bonds. The van der Waals surface area contributed by atoms with Crippen molar-refractivity contribution < 1.29 is 17.9 Å². The second-order valence-corrected chi connectivity index (χ2v) is 6.20. The number of hydrogen-bond donors (Lipinski definition) is 0. The average Bonchev–Trinajstić information content (AvgIpc) is 2.37. The van der Waals surface area contributed by atoms with Gasteiger partial charge in [0.05, 0.1) is 12.0 Å². The maximum absolute atomic E-state index is 12.0. The Morgan fingerprint density at radius 1 is 1.28 bits per heavy atom. The van der Waals surface area contributed by atoms with E-state index in [-0.39, 0.29) is 16.6 Å². The Balaban J connectivity index is 2.89. The van der Waals surface area contributed by atoms with E-state index >= 15 is 0 Å². The Kier molecular flexibility index (Phi) is 4.90. The number of benzene rings is 1. The first-order chi connectivity index (χ1) is 8.40. The van der Waals surface area contributed by atoms with Crippen LogP contribution < -0.4 is 4.74 Å². The number of rotatable bonds is 6. The Morgan fingerprint density at radius 2 is 1.83 bits per heavy atom. The van der Waals surface area contributed by atoms with Crippen molar-refractivity contribution in [1.29, 1.82) is 0 Å². The van der Waals surface area contributed by atoms with E-state index in [1.165, 1.54) is 19.2 Å². The molecule has 0 aliphatic carbocycles. The van der Waals surface area contributed by atoms with Gasteiger partial charge in [-0.1, -0.05) is 13.8 Å². The first-order valence-corrected chi connectivity index (χ1v) is 7.45. The van der Waals surface area contributed by atoms with Crippen LogP contribution in [-0.2, 0) is 14.6 Å². The molecule has 1 atom stereocenters. The van der Waals surface area contributed by atoms with Crippen LogP contribution >= 0.6 is 0 Å². The molecule has 0 saturated heterocycles. The van der Waals surface area contributed by atoms with Gasteiger partial charge in [-0.3, -0.25) is 4.79 Å². The fraction of sp³-hybridized carbons (Fsp3) is 0.462. The van der Waals surface area contributed by atoms with Crippen molar-refractivity contribution in [2.75, 3.05) is 12.9 Å². The van der Waals surface area contributed by atoms with Gasteiger partial charge < -0.3 is 4.74 Å². The van der Waals surface area contributed by atoms with Crippen molar-refractivity contribution in [3.05, 3.63) is 24.3 Å². The Morgan fingerprint density at radius 3 is 2.28 bits per heavy atom. The summed E-state index contributed by atoms with van der Waals surface area (Å²) in [5.74, 6) is -0.317. The van der Waals surface area contributed by atoms with E-state index in [9.17, 15) is 13.2 Å². The summed E-state index contributed by atoms with van der Waals surface area (Å²) in [5, 5.41) is 0. The van der Waals surface area contributed by atoms with Gasteiger partial charge in [-0.15, -0.1) is 0 Å². The van der Waals surface area contributed by atoms with Crippen LogP contribution in [0.5, 0.6) is 5.75 Å². The first-order valence-electron chi connectivity index (χ1n) is 5.80. The van der Waals surface area contributed by atoms with E-state index in [0.717, 1.165) is 0 Å². The number of sulfone groups is 1. The smallest absolute Gasteiger partial charge is 0.185 e. The minimum Gasteiger partial charge on any atom is -0.497 e. The molecule has 5 heteroatoms. The molecule has 0 aromatic heterocycles. The third-order valence-corrected chi connectivity index (χ3v) is 4.57. The molecule has 0 heterocycles. The number of Topliss-reactive ketones (excluding diaryl/α,β-unsaturated/α-hetero) is 1. The van der Waals surface area contributed by atoms with Crippen LogP contribution in [0.2, 0.25) is 0 Å². The minimum absolute atomic E-state index is 0.153. The molecule has 0 fully saturated rings. The van der Waals surface area contributed by atoms with Crippen LogP contribution in [0, 0.1) is 5.92 Å². The lowest BCUT2D eigenvalue weighted by Crippen LogP contribution is -2.21. The minimum atomic E-state index is -3.54. The van der Waals surface area contributed by atoms with E-state index < -0.39 is 15.6 Å². The largest absolute Gasteiger partial charge is 0.497 e. The van der Waals surface area contributed by atoms with Gasteiger partial charge in [0.25, 0.3) is 0 Å². The fourth-order valence-corrected chi connectivity index (χ4v) is 2.80. The lowest BCUT2D eigenvalue weighted by Gasteiger charge is -2.08. The second-order valence-electron chi connectivity index (χ2n) is 4.21. The molecule has 4 nitrogen and oxygen atoms in total. The SMILES string of the molecule is CCC(C)C(=O)CS(=O)(=O)c1ccc(OC)cc1. The number of carbonyl (C=O) groups excluding carboxylic acids is 1. The third kappa shape index (κ3) is 3.57. The molecule has 18 heavy (non-hydrogen) atoms. The van der Waals surface area contributed by atoms with Crippen molar-refractivity contribution in [2.24, 2.45) is 5.92 Å². The molecule has 0 saturated carbocycles. The maximum atomic E-state index is 12.0. The van der Waals surface area contributed by atoms with Gasteiger partial charge in [-0.2, -0.15) is 0 Å². The summed E-state index contributed by atoms with van der Waals surface area (Å²) in [6.45, 7) is 3.61. The van der Waals surface area contributed by atoms with E-state index in [4.69, 9.17) is 4.74 Å². The van der Waals surface area contributed by atoms with Gasteiger partial charge in [0.1, 0.15) is 11.5 Å². The van der Waals surface area contributed by atoms with Crippen molar-refractivity contribution in [1.82, 2.24) is 0 Å². The van der Waals surface area contributed by atoms with Crippen molar-refractivity contribution in [2.45, 2.75) is 25.2 Å². The summed E-state index contributed by atoms with van der Waals surface area (Å²) in [7, 11) is -2.03. The maximum Gasteiger partial charge on any atom is 0.185 e. The van der Waals surface area contributed by atoms with E-state index in [2.05, 4.69) is 0 Å². The number of hydrogen-bond acceptors (Lipinski definition) is 4. The highest BCUT2D eigenvalue weighted by Crippen LogP contribution is 2.18. The third-order valence-electron chi connectivity index (χ3n) is 2.91. The number of ketones is 1. The standard InChI is InChI=1S/C13H18O4S/c1-4-10(2)13(14)9-18(15,16)12-7-5-11(17-3)6-8-12/h5-8,10H,4,9H2,1-3H3. The Labute approximate surface area is 108 Å². The van der Waals surface area contributed by atoms with Crippen molar-refractivity contribution in [3.63, 3.8) is 0 Å². The number of methoxy groups -OCH3 is 1. The summed E-state index contributed by atoms with van der Waals surface area (Å²) in [4.78, 5) is 11.8. The van der Waals surface area contributed by atoms with E-state index in [0.29, 0.717) is 12.2 Å². The molecule has 1 rings (SSSR count). The van der Waals surface area contributed by atoms with Crippen molar-refractivity contribution >= 4 is 15.6 Å². The molecule has 1 unspecified atom stereocenters. The predicted molar refractivity (Wildman–Crippen MR) is 69.5 cm³/mol. The molecule has 0 aliphatic rings. The highest BCUT2D eigenvalue weighted by atomic mass is 32.2. The lowest BCUT2D eigenvalue weighted by atomic mass is 10.1. The highest BCUT2D eigenvalue weighted by molar-refractivity contribution is 7.92. The van der Waals surface area contributed by atoms with Crippen LogP contribution in [0.1, 0.15) is 20.3 Å². The van der Waals surface area contributed by atoms with Gasteiger partial charge in [0.15, 0.2) is 15.6 Å². The van der Waals surface area contributed by atoms with E-state index in [1.807, 2.05) is 6.92 Å². The molecule has 0 spiro atoms. The van der Waals surface area contributed by atoms with Crippen LogP contribution in [0.3, 0.4) is 0 Å². The fourth-order valence-electron chi connectivity index (χ4n) is 1.42. The van der Waals surface area contributed by atoms with Gasteiger partial charge >= 0.3 is 0 Å². The topological polar surface area (TPSA) is 60.4 Å². The van der Waals surface area contributed by atoms with Crippen LogP contribution in [0.4, 0.5) is 0 Å². The van der Waals surface area contributed by atoms with Gasteiger partial charge in [-0.25, -0.2) is 8.42 Å². The number of ether oxygens (including phenoxy) is 1. The van der Waals surface area contributed by atoms with Gasteiger partial charge in [-0.05, 0) is 30.7 Å². The predicted octanol–water partition coefficient (Wildman–Crippen LogP) is 2.08. The molecule has 0 aliphatic heterocycles. The quantitative estimate of drug-likeness (QED) is 0.794. The van der Waals surface area contributed by atoms with Crippen molar-refractivity contribution in [3.8, 4) is 5.75 Å². The molecule has 1 aromatic rings. The monoisotopic (exact) mass is 270 g/mol. The molecular weight excluding hydrogens is 252 g/mol. The summed E-state index contributed by atoms with van der Waals surface area (Å²) in [6, 6.07) is 6.05. The van der Waals surface area contributed by atoms with Crippen LogP contribution in [0.25, 0.3) is 0 Å². The summed E-state index contributed by atoms with van der Waals surface area (Å²) in [5.41, 5.74) is 0.